The molecule has 0 aromatic carbocycles. The van der Waals surface area contributed by atoms with Gasteiger partial charge in [0.05, 0.1) is 5.41 Å². The summed E-state index contributed by atoms with van der Waals surface area (Å²) in [6, 6.07) is -0.396. The van der Waals surface area contributed by atoms with Crippen LogP contribution in [-0.2, 0) is 9.53 Å². The molecule has 0 aliphatic carbocycles. The Balaban J connectivity index is 3.20. The van der Waals surface area contributed by atoms with Gasteiger partial charge in [-0.3, -0.25) is 4.79 Å². The number of rotatable bonds is 5. The molecule has 10 heteroatoms. The fraction of sp³-hybridized carbons (Fsp3) is 0.923. The van der Waals surface area contributed by atoms with Gasteiger partial charge < -0.3 is 15.2 Å². The van der Waals surface area contributed by atoms with E-state index in [2.05, 4.69) is 10.1 Å². The third kappa shape index (κ3) is 3.57. The van der Waals surface area contributed by atoms with E-state index in [1.807, 2.05) is 0 Å². The highest BCUT2D eigenvalue weighted by molar-refractivity contribution is 5.77. The van der Waals surface area contributed by atoms with Crippen molar-refractivity contribution in [1.29, 1.82) is 0 Å². The molecule has 23 heavy (non-hydrogen) atoms. The number of hydrogen-bond acceptors (Lipinski definition) is 4. The molecule has 4 nitrogen and oxygen atoms in total. The van der Waals surface area contributed by atoms with Crippen molar-refractivity contribution in [3.05, 3.63) is 0 Å². The summed E-state index contributed by atoms with van der Waals surface area (Å²) in [6.45, 7) is 5.10. The SMILES string of the molecule is CC(C)C(OC(=O)C(C)(C)C1CN1)C(O)(C(F)(F)F)C(F)(F)F. The topological polar surface area (TPSA) is 68.5 Å². The van der Waals surface area contributed by atoms with E-state index in [4.69, 9.17) is 0 Å². The molecule has 2 unspecified atom stereocenters. The first-order valence-electron chi connectivity index (χ1n) is 6.87. The molecule has 0 aromatic heterocycles. The summed E-state index contributed by atoms with van der Waals surface area (Å²) in [5.74, 6) is -2.66. The number of halogens is 6. The van der Waals surface area contributed by atoms with Crippen LogP contribution < -0.4 is 5.32 Å². The largest absolute Gasteiger partial charge is 0.458 e. The van der Waals surface area contributed by atoms with Crippen LogP contribution in [0.2, 0.25) is 0 Å². The maximum absolute atomic E-state index is 13.0. The predicted octanol–water partition coefficient (Wildman–Crippen LogP) is 2.41. The molecule has 0 spiro atoms. The van der Waals surface area contributed by atoms with Crippen LogP contribution in [0.1, 0.15) is 27.7 Å². The number of aliphatic hydroxyl groups is 1. The van der Waals surface area contributed by atoms with E-state index < -0.39 is 47.4 Å². The molecule has 1 fully saturated rings. The minimum absolute atomic E-state index is 0.396. The van der Waals surface area contributed by atoms with Crippen molar-refractivity contribution >= 4 is 5.97 Å². The maximum atomic E-state index is 13.0. The highest BCUT2D eigenvalue weighted by Crippen LogP contribution is 2.48. The quantitative estimate of drug-likeness (QED) is 0.453. The van der Waals surface area contributed by atoms with Crippen molar-refractivity contribution in [2.45, 2.75) is 57.8 Å². The minimum atomic E-state index is -6.05. The Morgan fingerprint density at radius 3 is 1.78 bits per heavy atom. The summed E-state index contributed by atoms with van der Waals surface area (Å²) in [5.41, 5.74) is -6.46. The summed E-state index contributed by atoms with van der Waals surface area (Å²) in [6.07, 6.45) is -14.9. The Morgan fingerprint density at radius 2 is 1.52 bits per heavy atom. The van der Waals surface area contributed by atoms with Gasteiger partial charge in [0.2, 0.25) is 0 Å². The molecule has 0 amide bonds. The first kappa shape index (κ1) is 20.0. The second-order valence-electron chi connectivity index (χ2n) is 6.51. The molecule has 0 radical (unpaired) electrons. The molecule has 1 rings (SSSR count). The second-order valence-corrected chi connectivity index (χ2v) is 6.51. The summed E-state index contributed by atoms with van der Waals surface area (Å²) in [5, 5.41) is 12.2. The van der Waals surface area contributed by atoms with Gasteiger partial charge in [-0.05, 0) is 19.8 Å². The third-order valence-electron chi connectivity index (χ3n) is 3.92. The molecule has 2 N–H and O–H groups in total. The monoisotopic (exact) mass is 351 g/mol. The summed E-state index contributed by atoms with van der Waals surface area (Å²) in [4.78, 5) is 12.1. The van der Waals surface area contributed by atoms with Gasteiger partial charge in [0.15, 0.2) is 6.10 Å². The van der Waals surface area contributed by atoms with Gasteiger partial charge in [0.1, 0.15) is 0 Å². The Bertz CT molecular complexity index is 440. The molecule has 0 bridgehead atoms. The Labute approximate surface area is 129 Å². The summed E-state index contributed by atoms with van der Waals surface area (Å²) < 4.78 is 82.3. The molecular formula is C13H19F6NO3. The molecule has 1 aliphatic heterocycles. The fourth-order valence-corrected chi connectivity index (χ4v) is 2.17. The molecular weight excluding hydrogens is 332 g/mol. The normalized spacial score (nSPS) is 21.3. The first-order chi connectivity index (χ1) is 10.1. The Hall–Kier alpha value is -1.03. The summed E-state index contributed by atoms with van der Waals surface area (Å²) in [7, 11) is 0. The third-order valence-corrected chi connectivity index (χ3v) is 3.92. The van der Waals surface area contributed by atoms with Crippen molar-refractivity contribution in [3.8, 4) is 0 Å². The van der Waals surface area contributed by atoms with Gasteiger partial charge in [-0.15, -0.1) is 0 Å². The first-order valence-corrected chi connectivity index (χ1v) is 6.87. The van der Waals surface area contributed by atoms with E-state index in [1.54, 1.807) is 0 Å². The minimum Gasteiger partial charge on any atom is -0.458 e. The van der Waals surface area contributed by atoms with Gasteiger partial charge in [-0.25, -0.2) is 0 Å². The average Bonchev–Trinajstić information content (AvgIpc) is 3.15. The second kappa shape index (κ2) is 5.80. The van der Waals surface area contributed by atoms with Gasteiger partial charge in [0.25, 0.3) is 5.60 Å². The predicted molar refractivity (Wildman–Crippen MR) is 67.3 cm³/mol. The van der Waals surface area contributed by atoms with Crippen LogP contribution in [0.25, 0.3) is 0 Å². The van der Waals surface area contributed by atoms with E-state index in [0.717, 1.165) is 13.8 Å². The van der Waals surface area contributed by atoms with Crippen molar-refractivity contribution < 1.29 is 41.0 Å². The molecule has 1 heterocycles. The van der Waals surface area contributed by atoms with Gasteiger partial charge in [-0.2, -0.15) is 26.3 Å². The number of carbonyl (C=O) groups is 1. The zero-order valence-electron chi connectivity index (χ0n) is 13.0. The van der Waals surface area contributed by atoms with Crippen LogP contribution >= 0.6 is 0 Å². The van der Waals surface area contributed by atoms with Crippen LogP contribution in [0.5, 0.6) is 0 Å². The van der Waals surface area contributed by atoms with Gasteiger partial charge in [0, 0.05) is 12.6 Å². The van der Waals surface area contributed by atoms with Crippen LogP contribution in [-0.4, -0.2) is 47.7 Å². The zero-order valence-corrected chi connectivity index (χ0v) is 13.0. The van der Waals surface area contributed by atoms with E-state index in [-0.39, 0.29) is 0 Å². The van der Waals surface area contributed by atoms with Crippen LogP contribution in [0.3, 0.4) is 0 Å². The van der Waals surface area contributed by atoms with E-state index in [0.29, 0.717) is 6.54 Å². The fourth-order valence-electron chi connectivity index (χ4n) is 2.17. The molecule has 1 aliphatic rings. The van der Waals surface area contributed by atoms with Crippen molar-refractivity contribution in [2.75, 3.05) is 6.54 Å². The van der Waals surface area contributed by atoms with Crippen LogP contribution in [0.4, 0.5) is 26.3 Å². The van der Waals surface area contributed by atoms with E-state index in [9.17, 15) is 36.2 Å². The molecule has 2 atom stereocenters. The molecule has 1 saturated heterocycles. The highest BCUT2D eigenvalue weighted by Gasteiger charge is 2.76. The standard InChI is InChI=1S/C13H19F6NO3/c1-6(2)8(11(22,12(14,15)16)13(17,18)19)23-9(21)10(3,4)7-5-20-7/h6-8,20,22H,5H2,1-4H3. The number of carbonyl (C=O) groups excluding carboxylic acids is 1. The number of ether oxygens (including phenoxy) is 1. The smallest absolute Gasteiger partial charge is 0.430 e. The zero-order chi connectivity index (χ0) is 18.4. The van der Waals surface area contributed by atoms with Crippen molar-refractivity contribution in [1.82, 2.24) is 5.32 Å². The number of hydrogen-bond donors (Lipinski definition) is 2. The number of esters is 1. The number of alkyl halides is 6. The van der Waals surface area contributed by atoms with Gasteiger partial charge >= 0.3 is 18.3 Å². The Kier molecular flexibility index (Phi) is 5.05. The molecule has 0 saturated carbocycles. The lowest BCUT2D eigenvalue weighted by Gasteiger charge is -2.40. The van der Waals surface area contributed by atoms with Crippen molar-refractivity contribution in [2.24, 2.45) is 11.3 Å². The lowest BCUT2D eigenvalue weighted by atomic mass is 9.85. The lowest BCUT2D eigenvalue weighted by Crippen LogP contribution is -2.67. The number of nitrogens with one attached hydrogen (secondary N) is 1. The van der Waals surface area contributed by atoms with Crippen molar-refractivity contribution in [3.63, 3.8) is 0 Å². The summed E-state index contributed by atoms with van der Waals surface area (Å²) >= 11 is 0. The maximum Gasteiger partial charge on any atom is 0.430 e. The molecule has 136 valence electrons. The van der Waals surface area contributed by atoms with E-state index in [1.165, 1.54) is 13.8 Å². The highest BCUT2D eigenvalue weighted by atomic mass is 19.4. The van der Waals surface area contributed by atoms with E-state index >= 15 is 0 Å². The van der Waals surface area contributed by atoms with Crippen LogP contribution in [0, 0.1) is 11.3 Å². The Morgan fingerprint density at radius 1 is 1.13 bits per heavy atom. The van der Waals surface area contributed by atoms with Gasteiger partial charge in [-0.1, -0.05) is 13.8 Å². The lowest BCUT2D eigenvalue weighted by molar-refractivity contribution is -0.395. The average molecular weight is 351 g/mol. The molecule has 0 aromatic rings. The van der Waals surface area contributed by atoms with Crippen LogP contribution in [0.15, 0.2) is 0 Å².